The van der Waals surface area contributed by atoms with Crippen LogP contribution in [0.15, 0.2) is 53.0 Å². The van der Waals surface area contributed by atoms with Crippen LogP contribution in [0.5, 0.6) is 0 Å². The first-order valence-corrected chi connectivity index (χ1v) is 8.48. The van der Waals surface area contributed by atoms with Gasteiger partial charge < -0.3 is 10.0 Å². The van der Waals surface area contributed by atoms with Crippen molar-refractivity contribution in [2.24, 2.45) is 0 Å². The van der Waals surface area contributed by atoms with Gasteiger partial charge in [-0.1, -0.05) is 51.5 Å². The van der Waals surface area contributed by atoms with E-state index in [1.807, 2.05) is 42.5 Å². The molecule has 1 aliphatic rings. The fourth-order valence-corrected chi connectivity index (χ4v) is 3.46. The lowest BCUT2D eigenvalue weighted by Gasteiger charge is -2.22. The third kappa shape index (κ3) is 2.73. The predicted molar refractivity (Wildman–Crippen MR) is 93.6 cm³/mol. The molecule has 0 bridgehead atoms. The number of amides is 1. The van der Waals surface area contributed by atoms with E-state index in [4.69, 9.17) is 0 Å². The summed E-state index contributed by atoms with van der Waals surface area (Å²) in [5.41, 5.74) is 0.474. The standard InChI is InChI=1S/C17H14BrN5O2/c18-12-6-7-14-13(8-12)17(25,9-15-19-21-22-20-15)16(24)23(14)10-11-4-2-1-3-5-11/h1-8,25H,9-10H2,(H,19,20,21,22). The van der Waals surface area contributed by atoms with Gasteiger partial charge in [0.25, 0.3) is 5.91 Å². The van der Waals surface area contributed by atoms with E-state index < -0.39 is 11.5 Å². The maximum absolute atomic E-state index is 13.1. The summed E-state index contributed by atoms with van der Waals surface area (Å²) in [7, 11) is 0. The summed E-state index contributed by atoms with van der Waals surface area (Å²) in [6.45, 7) is 0.378. The number of anilines is 1. The minimum absolute atomic E-state index is 0.0446. The summed E-state index contributed by atoms with van der Waals surface area (Å²) in [6, 6.07) is 15.1. The number of rotatable bonds is 4. The zero-order chi connectivity index (χ0) is 17.4. The molecule has 7 nitrogen and oxygen atoms in total. The number of hydrogen-bond acceptors (Lipinski definition) is 5. The van der Waals surface area contributed by atoms with Crippen LogP contribution in [0.1, 0.15) is 17.0 Å². The number of tetrazole rings is 1. The van der Waals surface area contributed by atoms with Gasteiger partial charge >= 0.3 is 0 Å². The second-order valence-electron chi connectivity index (χ2n) is 5.90. The van der Waals surface area contributed by atoms with Gasteiger partial charge in [0.05, 0.1) is 18.7 Å². The number of benzene rings is 2. The number of aromatic nitrogens is 4. The smallest absolute Gasteiger partial charge is 0.264 e. The topological polar surface area (TPSA) is 95.0 Å². The molecule has 0 saturated carbocycles. The third-order valence-electron chi connectivity index (χ3n) is 4.28. The number of aliphatic hydroxyl groups is 1. The molecule has 1 aromatic heterocycles. The number of fused-ring (bicyclic) bond motifs is 1. The molecule has 1 atom stereocenters. The van der Waals surface area contributed by atoms with Gasteiger partial charge in [-0.25, -0.2) is 0 Å². The molecule has 2 aromatic carbocycles. The highest BCUT2D eigenvalue weighted by molar-refractivity contribution is 9.10. The van der Waals surface area contributed by atoms with Gasteiger partial charge in [0.2, 0.25) is 0 Å². The van der Waals surface area contributed by atoms with Crippen molar-refractivity contribution >= 4 is 27.5 Å². The SMILES string of the molecule is O=C1N(Cc2ccccc2)c2ccc(Br)cc2C1(O)Cc1nn[nH]n1. The molecule has 3 aromatic rings. The minimum atomic E-state index is -1.72. The van der Waals surface area contributed by atoms with Crippen LogP contribution < -0.4 is 4.90 Å². The Labute approximate surface area is 151 Å². The van der Waals surface area contributed by atoms with Crippen LogP contribution in [0.4, 0.5) is 5.69 Å². The van der Waals surface area contributed by atoms with Crippen LogP contribution in [0.3, 0.4) is 0 Å². The molecule has 1 aliphatic heterocycles. The van der Waals surface area contributed by atoms with Crippen molar-refractivity contribution in [3.8, 4) is 0 Å². The quantitative estimate of drug-likeness (QED) is 0.698. The zero-order valence-corrected chi connectivity index (χ0v) is 14.6. The van der Waals surface area contributed by atoms with E-state index in [2.05, 4.69) is 36.6 Å². The van der Waals surface area contributed by atoms with Crippen LogP contribution in [-0.2, 0) is 23.4 Å². The summed E-state index contributed by atoms with van der Waals surface area (Å²) < 4.78 is 0.784. The Balaban J connectivity index is 1.77. The van der Waals surface area contributed by atoms with E-state index >= 15 is 0 Å². The Hall–Kier alpha value is -2.58. The first-order chi connectivity index (χ1) is 12.1. The Morgan fingerprint density at radius 2 is 2.00 bits per heavy atom. The van der Waals surface area contributed by atoms with Gasteiger partial charge in [0, 0.05) is 10.0 Å². The predicted octanol–water partition coefficient (Wildman–Crippen LogP) is 1.94. The van der Waals surface area contributed by atoms with E-state index in [1.165, 1.54) is 0 Å². The van der Waals surface area contributed by atoms with Crippen molar-refractivity contribution in [3.63, 3.8) is 0 Å². The van der Waals surface area contributed by atoms with Gasteiger partial charge in [-0.3, -0.25) is 4.79 Å². The fourth-order valence-electron chi connectivity index (χ4n) is 3.10. The number of nitrogens with one attached hydrogen (secondary N) is 1. The van der Waals surface area contributed by atoms with E-state index in [9.17, 15) is 9.90 Å². The van der Waals surface area contributed by atoms with Gasteiger partial charge in [-0.05, 0) is 23.8 Å². The lowest BCUT2D eigenvalue weighted by atomic mass is 9.91. The Morgan fingerprint density at radius 1 is 1.20 bits per heavy atom. The molecule has 2 heterocycles. The first kappa shape index (κ1) is 15.9. The summed E-state index contributed by atoms with van der Waals surface area (Å²) in [5, 5.41) is 24.8. The number of halogens is 1. The van der Waals surface area contributed by atoms with E-state index in [1.54, 1.807) is 11.0 Å². The van der Waals surface area contributed by atoms with Gasteiger partial charge in [-0.15, -0.1) is 10.2 Å². The van der Waals surface area contributed by atoms with Crippen LogP contribution >= 0.6 is 15.9 Å². The van der Waals surface area contributed by atoms with Crippen LogP contribution in [0.2, 0.25) is 0 Å². The van der Waals surface area contributed by atoms with E-state index in [-0.39, 0.29) is 12.2 Å². The molecule has 2 N–H and O–H groups in total. The average Bonchev–Trinajstić information content (AvgIpc) is 3.18. The lowest BCUT2D eigenvalue weighted by Crippen LogP contribution is -2.41. The molecule has 1 unspecified atom stereocenters. The Morgan fingerprint density at radius 3 is 2.72 bits per heavy atom. The molecular weight excluding hydrogens is 386 g/mol. The highest BCUT2D eigenvalue weighted by atomic mass is 79.9. The van der Waals surface area contributed by atoms with E-state index in [0.29, 0.717) is 17.8 Å². The van der Waals surface area contributed by atoms with Crippen LogP contribution in [-0.4, -0.2) is 31.6 Å². The van der Waals surface area contributed by atoms with Crippen LogP contribution in [0, 0.1) is 0 Å². The highest BCUT2D eigenvalue weighted by Gasteiger charge is 2.50. The van der Waals surface area contributed by atoms with Crippen molar-refractivity contribution < 1.29 is 9.90 Å². The van der Waals surface area contributed by atoms with Crippen molar-refractivity contribution in [2.75, 3.05) is 4.90 Å². The summed E-state index contributed by atoms with van der Waals surface area (Å²) >= 11 is 3.41. The number of hydrogen-bond donors (Lipinski definition) is 2. The Kier molecular flexibility index (Phi) is 3.85. The molecular formula is C17H14BrN5O2. The summed E-state index contributed by atoms with van der Waals surface area (Å²) in [6.07, 6.45) is -0.0446. The molecule has 0 radical (unpaired) electrons. The average molecular weight is 400 g/mol. The molecule has 1 amide bonds. The van der Waals surface area contributed by atoms with Crippen molar-refractivity contribution in [2.45, 2.75) is 18.6 Å². The summed E-state index contributed by atoms with van der Waals surface area (Å²) in [4.78, 5) is 14.7. The third-order valence-corrected chi connectivity index (χ3v) is 4.77. The monoisotopic (exact) mass is 399 g/mol. The molecule has 8 heteroatoms. The second-order valence-corrected chi connectivity index (χ2v) is 6.82. The Bertz CT molecular complexity index is 916. The normalized spacial score (nSPS) is 19.3. The van der Waals surface area contributed by atoms with Gasteiger partial charge in [0.15, 0.2) is 11.4 Å². The summed E-state index contributed by atoms with van der Waals surface area (Å²) in [5.74, 6) is -0.113. The maximum Gasteiger partial charge on any atom is 0.264 e. The van der Waals surface area contributed by atoms with Crippen molar-refractivity contribution in [1.29, 1.82) is 0 Å². The zero-order valence-electron chi connectivity index (χ0n) is 13.1. The second kappa shape index (κ2) is 6.05. The fraction of sp³-hybridized carbons (Fsp3) is 0.176. The minimum Gasteiger partial charge on any atom is -0.375 e. The number of H-pyrrole nitrogens is 1. The first-order valence-electron chi connectivity index (χ1n) is 7.68. The molecule has 0 aliphatic carbocycles. The molecule has 0 fully saturated rings. The molecule has 0 saturated heterocycles. The number of carbonyl (C=O) groups excluding carboxylic acids is 1. The number of carbonyl (C=O) groups is 1. The molecule has 4 rings (SSSR count). The molecule has 126 valence electrons. The van der Waals surface area contributed by atoms with Crippen molar-refractivity contribution in [3.05, 3.63) is 70.0 Å². The number of nitrogens with zero attached hydrogens (tertiary/aromatic N) is 4. The lowest BCUT2D eigenvalue weighted by molar-refractivity contribution is -0.136. The van der Waals surface area contributed by atoms with Gasteiger partial charge in [0.1, 0.15) is 0 Å². The van der Waals surface area contributed by atoms with E-state index in [0.717, 1.165) is 10.0 Å². The van der Waals surface area contributed by atoms with Gasteiger partial charge in [-0.2, -0.15) is 5.21 Å². The maximum atomic E-state index is 13.1. The number of aromatic amines is 1. The van der Waals surface area contributed by atoms with Crippen molar-refractivity contribution in [1.82, 2.24) is 20.6 Å². The highest BCUT2D eigenvalue weighted by Crippen LogP contribution is 2.43. The molecule has 25 heavy (non-hydrogen) atoms. The molecule has 0 spiro atoms. The van der Waals surface area contributed by atoms with Crippen LogP contribution in [0.25, 0.3) is 0 Å². The largest absolute Gasteiger partial charge is 0.375 e.